The molecule has 0 spiro atoms. The van der Waals surface area contributed by atoms with Gasteiger partial charge < -0.3 is 25.2 Å². The average Bonchev–Trinajstić information content (AvgIpc) is 3.21. The Kier molecular flexibility index (Phi) is 7.89. The van der Waals surface area contributed by atoms with E-state index in [9.17, 15) is 24.3 Å². The number of phenolic OH excluding ortho intramolecular Hbond substituents is 1. The standard InChI is InChI=1S/C24H27ClN5O6P/c1-2-3-7-19-29-21-22(30(19)13-15-5-4-6-18(23(15)32)36-37(33,34)35)16-9-8-14(12-27-20(31)11-25)10-17(16)28-24(21)26/h4-6,8-10,32H,2-3,7,11-13H2,1H3,(H2,26,28)(H,27,31)(H2,33,34,35). The second kappa shape index (κ2) is 10.9. The maximum atomic E-state index is 11.6. The van der Waals surface area contributed by atoms with Crippen LogP contribution in [0.4, 0.5) is 5.82 Å². The van der Waals surface area contributed by atoms with E-state index >= 15 is 0 Å². The van der Waals surface area contributed by atoms with E-state index in [-0.39, 0.29) is 42.2 Å². The quantitative estimate of drug-likeness (QED) is 0.147. The number of hydrogen-bond donors (Lipinski definition) is 5. The van der Waals surface area contributed by atoms with Crippen molar-refractivity contribution in [3.63, 3.8) is 0 Å². The molecule has 13 heteroatoms. The van der Waals surface area contributed by atoms with E-state index in [0.29, 0.717) is 28.5 Å². The van der Waals surface area contributed by atoms with Gasteiger partial charge in [0.15, 0.2) is 17.3 Å². The minimum atomic E-state index is -4.86. The van der Waals surface area contributed by atoms with Gasteiger partial charge in [0, 0.05) is 23.9 Å². The molecule has 196 valence electrons. The number of nitrogens with one attached hydrogen (secondary N) is 1. The van der Waals surface area contributed by atoms with Gasteiger partial charge in [-0.2, -0.15) is 0 Å². The molecule has 37 heavy (non-hydrogen) atoms. The number of nitrogen functional groups attached to an aromatic ring is 1. The smallest absolute Gasteiger partial charge is 0.504 e. The number of phosphoric acid groups is 1. The van der Waals surface area contributed by atoms with Gasteiger partial charge in [-0.15, -0.1) is 11.6 Å². The summed E-state index contributed by atoms with van der Waals surface area (Å²) in [7, 11) is -4.86. The molecule has 0 bridgehead atoms. The number of carbonyl (C=O) groups excluding carboxylic acids is 1. The first kappa shape index (κ1) is 26.7. The Morgan fingerprint density at radius 2 is 2.03 bits per heavy atom. The molecule has 0 atom stereocenters. The van der Waals surface area contributed by atoms with Crippen LogP contribution in [-0.4, -0.2) is 41.2 Å². The van der Waals surface area contributed by atoms with Crippen molar-refractivity contribution in [2.45, 2.75) is 39.3 Å². The number of phenols is 1. The molecular formula is C24H27ClN5O6P. The number of anilines is 1. The summed E-state index contributed by atoms with van der Waals surface area (Å²) < 4.78 is 17.9. The number of para-hydroxylation sites is 1. The van der Waals surface area contributed by atoms with Crippen LogP contribution < -0.4 is 15.6 Å². The number of nitrogens with two attached hydrogens (primary N) is 1. The predicted octanol–water partition coefficient (Wildman–Crippen LogP) is 3.59. The Morgan fingerprint density at radius 3 is 2.73 bits per heavy atom. The van der Waals surface area contributed by atoms with E-state index in [1.165, 1.54) is 6.07 Å². The molecule has 2 aromatic heterocycles. The maximum absolute atomic E-state index is 11.6. The highest BCUT2D eigenvalue weighted by Gasteiger charge is 2.22. The van der Waals surface area contributed by atoms with Gasteiger partial charge in [0.25, 0.3) is 0 Å². The molecule has 0 unspecified atom stereocenters. The summed E-state index contributed by atoms with van der Waals surface area (Å²) in [6, 6.07) is 10.0. The topological polar surface area (TPSA) is 173 Å². The van der Waals surface area contributed by atoms with Gasteiger partial charge in [0.1, 0.15) is 17.2 Å². The van der Waals surface area contributed by atoms with Crippen molar-refractivity contribution < 1.29 is 28.8 Å². The molecule has 2 heterocycles. The molecule has 0 aliphatic rings. The summed E-state index contributed by atoms with van der Waals surface area (Å²) >= 11 is 5.56. The number of imidazole rings is 1. The van der Waals surface area contributed by atoms with E-state index in [4.69, 9.17) is 22.3 Å². The van der Waals surface area contributed by atoms with E-state index in [0.717, 1.165) is 29.6 Å². The van der Waals surface area contributed by atoms with Gasteiger partial charge in [-0.1, -0.05) is 37.6 Å². The molecule has 0 aliphatic carbocycles. The molecule has 6 N–H and O–H groups in total. The number of fused-ring (bicyclic) bond motifs is 3. The zero-order chi connectivity index (χ0) is 26.7. The first-order valence-corrected chi connectivity index (χ1v) is 13.6. The van der Waals surface area contributed by atoms with Crippen LogP contribution >= 0.6 is 19.4 Å². The third-order valence-corrected chi connectivity index (χ3v) is 6.52. The molecule has 2 aromatic carbocycles. The predicted molar refractivity (Wildman–Crippen MR) is 141 cm³/mol. The van der Waals surface area contributed by atoms with Crippen molar-refractivity contribution in [3.8, 4) is 11.5 Å². The van der Waals surface area contributed by atoms with Gasteiger partial charge in [-0.3, -0.25) is 14.6 Å². The number of hydrogen-bond acceptors (Lipinski definition) is 7. The number of amides is 1. The van der Waals surface area contributed by atoms with Gasteiger partial charge in [-0.25, -0.2) is 14.5 Å². The van der Waals surface area contributed by atoms with E-state index in [1.54, 1.807) is 12.1 Å². The molecule has 4 aromatic rings. The van der Waals surface area contributed by atoms with Crippen LogP contribution in [0.5, 0.6) is 11.5 Å². The van der Waals surface area contributed by atoms with Gasteiger partial charge in [0.2, 0.25) is 5.91 Å². The van der Waals surface area contributed by atoms with Crippen molar-refractivity contribution in [1.29, 1.82) is 0 Å². The number of unbranched alkanes of at least 4 members (excludes halogenated alkanes) is 1. The number of halogens is 1. The number of aryl methyl sites for hydroxylation is 1. The normalized spacial score (nSPS) is 11.8. The van der Waals surface area contributed by atoms with Crippen LogP contribution in [0.15, 0.2) is 36.4 Å². The summed E-state index contributed by atoms with van der Waals surface area (Å²) in [5.41, 5.74) is 9.35. The fourth-order valence-electron chi connectivity index (χ4n) is 4.12. The molecule has 4 rings (SSSR count). The molecule has 0 aliphatic heterocycles. The van der Waals surface area contributed by atoms with Crippen molar-refractivity contribution in [1.82, 2.24) is 19.9 Å². The Hall–Kier alpha value is -3.37. The summed E-state index contributed by atoms with van der Waals surface area (Å²) in [6.45, 7) is 2.49. The number of aromatic hydroxyl groups is 1. The largest absolute Gasteiger partial charge is 0.524 e. The Morgan fingerprint density at radius 1 is 1.24 bits per heavy atom. The van der Waals surface area contributed by atoms with Crippen molar-refractivity contribution in [2.75, 3.05) is 11.6 Å². The lowest BCUT2D eigenvalue weighted by molar-refractivity contribution is -0.118. The highest BCUT2D eigenvalue weighted by atomic mass is 35.5. The van der Waals surface area contributed by atoms with Gasteiger partial charge in [0.05, 0.1) is 17.6 Å². The van der Waals surface area contributed by atoms with Gasteiger partial charge in [-0.05, 0) is 24.1 Å². The third kappa shape index (κ3) is 5.97. The lowest BCUT2D eigenvalue weighted by Gasteiger charge is -2.15. The van der Waals surface area contributed by atoms with Crippen LogP contribution in [0.25, 0.3) is 21.9 Å². The number of alkyl halides is 1. The summed E-state index contributed by atoms with van der Waals surface area (Å²) in [5.74, 6) is -0.140. The first-order valence-electron chi connectivity index (χ1n) is 11.6. The zero-order valence-corrected chi connectivity index (χ0v) is 21.7. The van der Waals surface area contributed by atoms with Crippen LogP contribution in [0.3, 0.4) is 0 Å². The van der Waals surface area contributed by atoms with E-state index in [1.807, 2.05) is 22.8 Å². The van der Waals surface area contributed by atoms with Crippen LogP contribution in [0.2, 0.25) is 0 Å². The molecule has 0 fully saturated rings. The molecule has 11 nitrogen and oxygen atoms in total. The number of phosphoric ester groups is 1. The highest BCUT2D eigenvalue weighted by Crippen LogP contribution is 2.43. The average molecular weight is 548 g/mol. The number of rotatable bonds is 10. The number of benzene rings is 2. The van der Waals surface area contributed by atoms with E-state index in [2.05, 4.69) is 21.7 Å². The fraction of sp³-hybridized carbons (Fsp3) is 0.292. The maximum Gasteiger partial charge on any atom is 0.524 e. The minimum absolute atomic E-state index is 0.133. The first-order chi connectivity index (χ1) is 17.6. The zero-order valence-electron chi connectivity index (χ0n) is 20.0. The van der Waals surface area contributed by atoms with Crippen LogP contribution in [0, 0.1) is 0 Å². The Balaban J connectivity index is 1.85. The lowest BCUT2D eigenvalue weighted by Crippen LogP contribution is -2.23. The monoisotopic (exact) mass is 547 g/mol. The Bertz CT molecular complexity index is 1520. The lowest BCUT2D eigenvalue weighted by atomic mass is 10.1. The minimum Gasteiger partial charge on any atom is -0.504 e. The SMILES string of the molecule is CCCCc1nc2c(N)nc3cc(CNC(=O)CCl)ccc3c2n1Cc1cccc(OP(=O)(O)O)c1O. The second-order valence-electron chi connectivity index (χ2n) is 8.52. The number of nitrogens with zero attached hydrogens (tertiary/aromatic N) is 3. The second-order valence-corrected chi connectivity index (χ2v) is 9.95. The molecule has 0 saturated heterocycles. The number of aromatic nitrogens is 3. The van der Waals surface area contributed by atoms with Crippen LogP contribution in [0.1, 0.15) is 36.7 Å². The fourth-order valence-corrected chi connectivity index (χ4v) is 4.62. The van der Waals surface area contributed by atoms with Gasteiger partial charge >= 0.3 is 7.82 Å². The molecule has 1 amide bonds. The van der Waals surface area contributed by atoms with Crippen molar-refractivity contribution in [3.05, 3.63) is 53.3 Å². The molecule has 0 radical (unpaired) electrons. The third-order valence-electron chi connectivity index (χ3n) is 5.84. The summed E-state index contributed by atoms with van der Waals surface area (Å²) in [5, 5.41) is 14.2. The number of pyridine rings is 1. The summed E-state index contributed by atoms with van der Waals surface area (Å²) in [4.78, 5) is 39.2. The van der Waals surface area contributed by atoms with Crippen molar-refractivity contribution in [2.24, 2.45) is 0 Å². The Labute approximate surface area is 217 Å². The summed E-state index contributed by atoms with van der Waals surface area (Å²) in [6.07, 6.45) is 2.45. The number of carbonyl (C=O) groups is 1. The molecule has 0 saturated carbocycles. The van der Waals surface area contributed by atoms with Crippen molar-refractivity contribution >= 4 is 53.1 Å². The molecular weight excluding hydrogens is 521 g/mol. The highest BCUT2D eigenvalue weighted by molar-refractivity contribution is 7.46. The van der Waals surface area contributed by atoms with Crippen LogP contribution in [-0.2, 0) is 28.9 Å². The van der Waals surface area contributed by atoms with E-state index < -0.39 is 7.82 Å².